The molecular weight excluding hydrogens is 217 g/mol. The van der Waals surface area contributed by atoms with E-state index in [4.69, 9.17) is 16.3 Å². The van der Waals surface area contributed by atoms with E-state index in [1.807, 2.05) is 6.92 Å². The summed E-state index contributed by atoms with van der Waals surface area (Å²) in [6, 6.07) is 4.71. The summed E-state index contributed by atoms with van der Waals surface area (Å²) in [5.41, 5.74) is 0.461. The summed E-state index contributed by atoms with van der Waals surface area (Å²) in [4.78, 5) is 0. The lowest BCUT2D eigenvalue weighted by atomic mass is 10.2. The van der Waals surface area contributed by atoms with E-state index in [0.29, 0.717) is 17.3 Å². The van der Waals surface area contributed by atoms with Crippen molar-refractivity contribution in [3.05, 3.63) is 29.0 Å². The van der Waals surface area contributed by atoms with Crippen molar-refractivity contribution < 1.29 is 9.13 Å². The Morgan fingerprint density at radius 2 is 2.27 bits per heavy atom. The minimum Gasteiger partial charge on any atom is -0.383 e. The van der Waals surface area contributed by atoms with Gasteiger partial charge < -0.3 is 10.1 Å². The molecule has 1 atom stereocenters. The van der Waals surface area contributed by atoms with E-state index in [9.17, 15) is 4.39 Å². The van der Waals surface area contributed by atoms with Gasteiger partial charge in [-0.1, -0.05) is 18.5 Å². The number of halogens is 2. The van der Waals surface area contributed by atoms with Crippen LogP contribution in [0.2, 0.25) is 5.02 Å². The zero-order chi connectivity index (χ0) is 11.3. The second-order valence-corrected chi connectivity index (χ2v) is 3.77. The number of anilines is 1. The van der Waals surface area contributed by atoms with Crippen LogP contribution in [0.25, 0.3) is 0 Å². The van der Waals surface area contributed by atoms with Gasteiger partial charge >= 0.3 is 0 Å². The van der Waals surface area contributed by atoms with E-state index in [1.165, 1.54) is 6.07 Å². The van der Waals surface area contributed by atoms with Crippen molar-refractivity contribution in [2.45, 2.75) is 19.4 Å². The molecule has 0 heterocycles. The van der Waals surface area contributed by atoms with Gasteiger partial charge in [0.15, 0.2) is 0 Å². The smallest absolute Gasteiger partial charge is 0.147 e. The van der Waals surface area contributed by atoms with Gasteiger partial charge in [-0.15, -0.1) is 0 Å². The lowest BCUT2D eigenvalue weighted by Crippen LogP contribution is -2.24. The van der Waals surface area contributed by atoms with Crippen LogP contribution < -0.4 is 5.32 Å². The topological polar surface area (TPSA) is 21.3 Å². The van der Waals surface area contributed by atoms with Crippen LogP contribution in [0.3, 0.4) is 0 Å². The van der Waals surface area contributed by atoms with Crippen molar-refractivity contribution in [2.24, 2.45) is 0 Å². The molecule has 0 amide bonds. The number of ether oxygens (including phenoxy) is 1. The maximum atomic E-state index is 13.4. The number of nitrogens with one attached hydrogen (secondary N) is 1. The zero-order valence-electron chi connectivity index (χ0n) is 8.89. The fraction of sp³-hybridized carbons (Fsp3) is 0.455. The Labute approximate surface area is 94.4 Å². The predicted molar refractivity (Wildman–Crippen MR) is 61.0 cm³/mol. The van der Waals surface area contributed by atoms with Crippen molar-refractivity contribution in [1.29, 1.82) is 0 Å². The quantitative estimate of drug-likeness (QED) is 0.840. The highest BCUT2D eigenvalue weighted by Gasteiger charge is 2.08. The van der Waals surface area contributed by atoms with Gasteiger partial charge in [0.05, 0.1) is 12.3 Å². The molecular formula is C11H15ClFNO. The minimum atomic E-state index is -0.336. The molecule has 1 aromatic rings. The van der Waals surface area contributed by atoms with Gasteiger partial charge in [-0.2, -0.15) is 0 Å². The molecule has 0 aliphatic heterocycles. The van der Waals surface area contributed by atoms with Crippen LogP contribution >= 0.6 is 11.6 Å². The van der Waals surface area contributed by atoms with Crippen molar-refractivity contribution >= 4 is 17.3 Å². The average molecular weight is 232 g/mol. The Morgan fingerprint density at radius 3 is 2.80 bits per heavy atom. The highest BCUT2D eigenvalue weighted by Crippen LogP contribution is 2.20. The summed E-state index contributed by atoms with van der Waals surface area (Å²) in [6.07, 6.45) is 0.871. The molecule has 2 nitrogen and oxygen atoms in total. The minimum absolute atomic E-state index is 0.116. The Hall–Kier alpha value is -0.800. The molecule has 15 heavy (non-hydrogen) atoms. The van der Waals surface area contributed by atoms with Crippen LogP contribution in [0.5, 0.6) is 0 Å². The van der Waals surface area contributed by atoms with Gasteiger partial charge in [0.1, 0.15) is 5.82 Å². The number of hydrogen-bond acceptors (Lipinski definition) is 2. The zero-order valence-corrected chi connectivity index (χ0v) is 9.64. The van der Waals surface area contributed by atoms with Gasteiger partial charge in [-0.3, -0.25) is 0 Å². The first-order chi connectivity index (χ1) is 7.17. The molecule has 0 fully saturated rings. The van der Waals surface area contributed by atoms with Crippen LogP contribution in [-0.4, -0.2) is 19.8 Å². The molecule has 0 bridgehead atoms. The Bertz CT molecular complexity index is 319. The van der Waals surface area contributed by atoms with Crippen LogP contribution in [-0.2, 0) is 4.74 Å². The van der Waals surface area contributed by atoms with Gasteiger partial charge in [0, 0.05) is 18.2 Å². The van der Waals surface area contributed by atoms with Crippen molar-refractivity contribution in [3.63, 3.8) is 0 Å². The van der Waals surface area contributed by atoms with Crippen molar-refractivity contribution in [2.75, 3.05) is 19.0 Å². The summed E-state index contributed by atoms with van der Waals surface area (Å²) < 4.78 is 18.4. The summed E-state index contributed by atoms with van der Waals surface area (Å²) >= 11 is 5.66. The molecule has 0 saturated carbocycles. The molecule has 0 saturated heterocycles. The van der Waals surface area contributed by atoms with Gasteiger partial charge in [-0.05, 0) is 24.6 Å². The van der Waals surface area contributed by atoms with Crippen LogP contribution in [0.1, 0.15) is 13.3 Å². The second kappa shape index (κ2) is 5.93. The van der Waals surface area contributed by atoms with E-state index >= 15 is 0 Å². The molecule has 0 radical (unpaired) electrons. The van der Waals surface area contributed by atoms with Crippen molar-refractivity contribution in [3.8, 4) is 0 Å². The Kier molecular flexibility index (Phi) is 4.85. The molecule has 1 aromatic carbocycles. The third-order valence-electron chi connectivity index (χ3n) is 2.15. The van der Waals surface area contributed by atoms with E-state index in [-0.39, 0.29) is 11.9 Å². The fourth-order valence-corrected chi connectivity index (χ4v) is 1.45. The third kappa shape index (κ3) is 3.68. The number of hydrogen-bond donors (Lipinski definition) is 1. The number of benzene rings is 1. The SMILES string of the molecule is CCC(COC)Nc1ccc(Cl)cc1F. The first-order valence-corrected chi connectivity index (χ1v) is 5.25. The Balaban J connectivity index is 2.70. The maximum absolute atomic E-state index is 13.4. The summed E-state index contributed by atoms with van der Waals surface area (Å²) in [5, 5.41) is 3.47. The maximum Gasteiger partial charge on any atom is 0.147 e. The summed E-state index contributed by atoms with van der Waals surface area (Å²) in [6.45, 7) is 2.57. The predicted octanol–water partition coefficient (Wildman–Crippen LogP) is 3.32. The van der Waals surface area contributed by atoms with E-state index in [2.05, 4.69) is 5.32 Å². The number of methoxy groups -OCH3 is 1. The lowest BCUT2D eigenvalue weighted by Gasteiger charge is -2.17. The van der Waals surface area contributed by atoms with Gasteiger partial charge in [-0.25, -0.2) is 4.39 Å². The molecule has 1 unspecified atom stereocenters. The highest BCUT2D eigenvalue weighted by molar-refractivity contribution is 6.30. The second-order valence-electron chi connectivity index (χ2n) is 3.33. The monoisotopic (exact) mass is 231 g/mol. The van der Waals surface area contributed by atoms with Crippen LogP contribution in [0.4, 0.5) is 10.1 Å². The van der Waals surface area contributed by atoms with E-state index in [0.717, 1.165) is 6.42 Å². The number of rotatable bonds is 5. The standard InChI is InChI=1S/C11H15ClFNO/c1-3-9(7-15-2)14-11-5-4-8(12)6-10(11)13/h4-6,9,14H,3,7H2,1-2H3. The molecule has 0 aliphatic rings. The third-order valence-corrected chi connectivity index (χ3v) is 2.39. The first kappa shape index (κ1) is 12.3. The normalized spacial score (nSPS) is 12.5. The van der Waals surface area contributed by atoms with Gasteiger partial charge in [0.25, 0.3) is 0 Å². The molecule has 1 N–H and O–H groups in total. The largest absolute Gasteiger partial charge is 0.383 e. The summed E-state index contributed by atoms with van der Waals surface area (Å²) in [7, 11) is 1.63. The molecule has 1 rings (SSSR count). The van der Waals surface area contributed by atoms with E-state index in [1.54, 1.807) is 19.2 Å². The van der Waals surface area contributed by atoms with Gasteiger partial charge in [0.2, 0.25) is 0 Å². The highest BCUT2D eigenvalue weighted by atomic mass is 35.5. The van der Waals surface area contributed by atoms with Crippen molar-refractivity contribution in [1.82, 2.24) is 0 Å². The van der Waals surface area contributed by atoms with E-state index < -0.39 is 0 Å². The molecule has 0 aromatic heterocycles. The molecule has 4 heteroatoms. The van der Waals surface area contributed by atoms with Crippen LogP contribution in [0, 0.1) is 5.82 Å². The molecule has 0 aliphatic carbocycles. The summed E-state index contributed by atoms with van der Waals surface area (Å²) in [5.74, 6) is -0.336. The molecule has 0 spiro atoms. The Morgan fingerprint density at radius 1 is 1.53 bits per heavy atom. The fourth-order valence-electron chi connectivity index (χ4n) is 1.29. The molecule has 84 valence electrons. The average Bonchev–Trinajstić information content (AvgIpc) is 2.21. The lowest BCUT2D eigenvalue weighted by molar-refractivity contribution is 0.184. The van der Waals surface area contributed by atoms with Crippen LogP contribution in [0.15, 0.2) is 18.2 Å². The first-order valence-electron chi connectivity index (χ1n) is 4.88.